The predicted molar refractivity (Wildman–Crippen MR) is 186 cm³/mol. The van der Waals surface area contributed by atoms with E-state index in [2.05, 4.69) is 154 Å². The van der Waals surface area contributed by atoms with Gasteiger partial charge in [-0.3, -0.25) is 0 Å². The Balaban J connectivity index is 0.000000385. The van der Waals surface area contributed by atoms with E-state index in [0.29, 0.717) is 0 Å². The summed E-state index contributed by atoms with van der Waals surface area (Å²) in [6.45, 7) is 22.1. The smallest absolute Gasteiger partial charge is 0.131 e. The van der Waals surface area contributed by atoms with Crippen molar-refractivity contribution in [1.82, 2.24) is 0 Å². The maximum absolute atomic E-state index is 3.88. The van der Waals surface area contributed by atoms with Crippen molar-refractivity contribution in [3.8, 4) is 0 Å². The zero-order valence-corrected chi connectivity index (χ0v) is 27.4. The Kier molecular flexibility index (Phi) is 9.29. The third kappa shape index (κ3) is 6.01. The summed E-state index contributed by atoms with van der Waals surface area (Å²) in [5.74, 6) is 0. The average Bonchev–Trinajstić information content (AvgIpc) is 2.91. The van der Waals surface area contributed by atoms with Crippen molar-refractivity contribution in [3.63, 3.8) is 0 Å². The quantitative estimate of drug-likeness (QED) is 0.240. The maximum Gasteiger partial charge on any atom is 0.131 e. The lowest BCUT2D eigenvalue weighted by Gasteiger charge is -2.48. The Morgan fingerprint density at radius 2 is 0.690 bits per heavy atom. The lowest BCUT2D eigenvalue weighted by molar-refractivity contribution is -0.255. The van der Waals surface area contributed by atoms with Gasteiger partial charge in [0.1, 0.15) is 11.8 Å². The van der Waals surface area contributed by atoms with Crippen molar-refractivity contribution in [1.29, 1.82) is 0 Å². The molecule has 0 unspecified atom stereocenters. The van der Waals surface area contributed by atoms with E-state index in [1.807, 2.05) is 12.1 Å². The van der Waals surface area contributed by atoms with Gasteiger partial charge in [0, 0.05) is 5.56 Å². The van der Waals surface area contributed by atoms with Crippen LogP contribution in [0.25, 0.3) is 0 Å². The second kappa shape index (κ2) is 12.6. The summed E-state index contributed by atoms with van der Waals surface area (Å²) in [7, 11) is 0. The molecule has 0 aliphatic carbocycles. The third-order valence-corrected chi connectivity index (χ3v) is 9.28. The number of rotatable bonds is 4. The molecule has 0 aliphatic rings. The second-order valence-electron chi connectivity index (χ2n) is 12.7. The molecule has 0 saturated carbocycles. The first-order valence-corrected chi connectivity index (χ1v) is 15.2. The number of hydrogen-bond donors (Lipinski definition) is 1. The highest BCUT2D eigenvalue weighted by Crippen LogP contribution is 2.19. The van der Waals surface area contributed by atoms with Crippen molar-refractivity contribution in [2.45, 2.75) is 69.2 Å². The minimum Gasteiger partial charge on any atom is -0.325 e. The summed E-state index contributed by atoms with van der Waals surface area (Å²) in [5.41, 5.74) is 24.0. The zero-order chi connectivity index (χ0) is 30.8. The van der Waals surface area contributed by atoms with Crippen LogP contribution in [0, 0.1) is 69.2 Å². The van der Waals surface area contributed by atoms with Crippen molar-refractivity contribution < 1.29 is 5.73 Å². The van der Waals surface area contributed by atoms with Gasteiger partial charge in [0.2, 0.25) is 0 Å². The van der Waals surface area contributed by atoms with E-state index in [0.717, 1.165) is 5.69 Å². The Hall–Kier alpha value is -3.88. The van der Waals surface area contributed by atoms with Crippen LogP contribution in [0.15, 0.2) is 91.0 Å². The summed E-state index contributed by atoms with van der Waals surface area (Å²) in [4.78, 5) is 0. The number of quaternary nitrogens is 1. The first-order valence-electron chi connectivity index (χ1n) is 15.2. The van der Waals surface area contributed by atoms with Gasteiger partial charge in [0.05, 0.1) is 0 Å². The van der Waals surface area contributed by atoms with Gasteiger partial charge in [0.25, 0.3) is 0 Å². The fourth-order valence-electron chi connectivity index (χ4n) is 7.06. The summed E-state index contributed by atoms with van der Waals surface area (Å²) in [6, 6.07) is 34.3. The molecule has 216 valence electrons. The zero-order valence-electron chi connectivity index (χ0n) is 27.4. The van der Waals surface area contributed by atoms with Crippen LogP contribution in [-0.4, -0.2) is 6.15 Å². The molecule has 2 heteroatoms. The van der Waals surface area contributed by atoms with E-state index in [1.165, 1.54) is 77.5 Å². The Labute approximate surface area is 254 Å². The fraction of sp³-hybridized carbons (Fsp3) is 0.250. The number of hydrogen-bond acceptors (Lipinski definition) is 0. The van der Waals surface area contributed by atoms with Gasteiger partial charge in [-0.2, -0.15) is 21.9 Å². The molecule has 1 nitrogen and oxygen atoms in total. The Morgan fingerprint density at radius 1 is 0.381 bits per heavy atom. The highest BCUT2D eigenvalue weighted by molar-refractivity contribution is 7.20. The van der Waals surface area contributed by atoms with Crippen molar-refractivity contribution in [2.75, 3.05) is 0 Å². The van der Waals surface area contributed by atoms with Crippen LogP contribution in [0.4, 0.5) is 5.69 Å². The van der Waals surface area contributed by atoms with Crippen molar-refractivity contribution in [3.05, 3.63) is 147 Å². The van der Waals surface area contributed by atoms with E-state index < -0.39 is 6.15 Å². The molecule has 5 rings (SSSR count). The molecule has 0 atom stereocenters. The normalized spacial score (nSPS) is 11.2. The molecule has 5 aromatic carbocycles. The van der Waals surface area contributed by atoms with Gasteiger partial charge < -0.3 is 5.73 Å². The van der Waals surface area contributed by atoms with Gasteiger partial charge in [0.15, 0.2) is 0 Å². The van der Waals surface area contributed by atoms with Crippen LogP contribution in [0.3, 0.4) is 0 Å². The van der Waals surface area contributed by atoms with Gasteiger partial charge in [-0.1, -0.05) is 129 Å². The Morgan fingerprint density at radius 3 is 0.929 bits per heavy atom. The van der Waals surface area contributed by atoms with Crippen LogP contribution in [0.2, 0.25) is 0 Å². The molecule has 5 aromatic rings. The molecule has 0 bridgehead atoms. The van der Waals surface area contributed by atoms with Gasteiger partial charge in [-0.05, 0) is 80.9 Å². The summed E-state index contributed by atoms with van der Waals surface area (Å²) in [5, 5.41) is 0. The Bertz CT molecular complexity index is 1510. The van der Waals surface area contributed by atoms with Crippen LogP contribution in [0.1, 0.15) is 55.6 Å². The first kappa shape index (κ1) is 31.1. The minimum absolute atomic E-state index is 1.13. The standard InChI is InChI=1S/C32H36B.C8H11N/c1-21-9-13-29(25(5)17-21)33(30-14-10-22(2)18-26(30)6,31-15-11-23(3)19-27(31)7)32-16-12-24(4)20-28(32)8;1-6-4-3-5-8(9)7(6)2/h9-20H,1-8H3;3-5H,9H2,1-2H3/q-1;/p+1. The summed E-state index contributed by atoms with van der Waals surface area (Å²) < 4.78 is 0. The van der Waals surface area contributed by atoms with E-state index >= 15 is 0 Å². The van der Waals surface area contributed by atoms with Crippen LogP contribution in [-0.2, 0) is 0 Å². The fourth-order valence-corrected chi connectivity index (χ4v) is 7.06. The van der Waals surface area contributed by atoms with Crippen LogP contribution >= 0.6 is 0 Å². The molecule has 0 spiro atoms. The lowest BCUT2D eigenvalue weighted by atomic mass is 9.11. The van der Waals surface area contributed by atoms with E-state index in [1.54, 1.807) is 0 Å². The molecule has 0 fully saturated rings. The average molecular weight is 554 g/mol. The summed E-state index contributed by atoms with van der Waals surface area (Å²) >= 11 is 0. The van der Waals surface area contributed by atoms with Gasteiger partial charge in [-0.15, -0.1) is 0 Å². The third-order valence-electron chi connectivity index (χ3n) is 9.28. The number of aryl methyl sites for hydroxylation is 9. The molecule has 3 N–H and O–H groups in total. The lowest BCUT2D eigenvalue weighted by Crippen LogP contribution is -2.76. The van der Waals surface area contributed by atoms with Crippen LogP contribution in [0.5, 0.6) is 0 Å². The molecule has 0 radical (unpaired) electrons. The van der Waals surface area contributed by atoms with Crippen molar-refractivity contribution in [2.24, 2.45) is 0 Å². The molecule has 0 heterocycles. The van der Waals surface area contributed by atoms with Crippen LogP contribution < -0.4 is 27.6 Å². The topological polar surface area (TPSA) is 27.6 Å². The highest BCUT2D eigenvalue weighted by Gasteiger charge is 2.35. The number of benzene rings is 5. The summed E-state index contributed by atoms with van der Waals surface area (Å²) in [6.07, 6.45) is -1.38. The SMILES string of the molecule is Cc1ccc([B-](c2ccc(C)cc2C)(c2ccc(C)cc2C)c2ccc(C)cc2C)c(C)c1.Cc1cccc([NH3+])c1C. The molecule has 42 heavy (non-hydrogen) atoms. The molecule has 0 saturated heterocycles. The monoisotopic (exact) mass is 553 g/mol. The molecular weight excluding hydrogens is 505 g/mol. The first-order chi connectivity index (χ1) is 19.9. The van der Waals surface area contributed by atoms with Gasteiger partial charge >= 0.3 is 0 Å². The molecular formula is C40H48BN. The molecule has 0 aliphatic heterocycles. The van der Waals surface area contributed by atoms with Gasteiger partial charge in [-0.25, -0.2) is 0 Å². The predicted octanol–water partition coefficient (Wildman–Crippen LogP) is 6.71. The largest absolute Gasteiger partial charge is 0.325 e. The molecule has 0 aromatic heterocycles. The second-order valence-corrected chi connectivity index (χ2v) is 12.7. The van der Waals surface area contributed by atoms with E-state index in [-0.39, 0.29) is 0 Å². The molecule has 0 amide bonds. The highest BCUT2D eigenvalue weighted by atomic mass is 14.5. The van der Waals surface area contributed by atoms with Crippen molar-refractivity contribution >= 4 is 33.7 Å². The van der Waals surface area contributed by atoms with E-state index in [9.17, 15) is 0 Å². The maximum atomic E-state index is 3.88. The minimum atomic E-state index is -1.38. The van der Waals surface area contributed by atoms with E-state index in [4.69, 9.17) is 0 Å².